The van der Waals surface area contributed by atoms with E-state index in [1.54, 1.807) is 19.2 Å². The third-order valence-corrected chi connectivity index (χ3v) is 3.08. The predicted molar refractivity (Wildman–Crippen MR) is 78.8 cm³/mol. The van der Waals surface area contributed by atoms with E-state index in [0.29, 0.717) is 12.1 Å². The van der Waals surface area contributed by atoms with E-state index in [9.17, 15) is 5.26 Å². The van der Waals surface area contributed by atoms with Crippen LogP contribution in [0.1, 0.15) is 17.0 Å². The summed E-state index contributed by atoms with van der Waals surface area (Å²) in [5.41, 5.74) is 3.43. The van der Waals surface area contributed by atoms with Crippen molar-refractivity contribution in [3.8, 4) is 11.8 Å². The van der Waals surface area contributed by atoms with Crippen molar-refractivity contribution >= 4 is 5.69 Å². The van der Waals surface area contributed by atoms with Crippen molar-refractivity contribution in [2.24, 2.45) is 0 Å². The van der Waals surface area contributed by atoms with Crippen LogP contribution in [0.4, 0.5) is 5.69 Å². The van der Waals surface area contributed by atoms with Crippen molar-refractivity contribution in [1.82, 2.24) is 4.98 Å². The molecule has 0 spiro atoms. The highest BCUT2D eigenvalue weighted by atomic mass is 16.5. The summed E-state index contributed by atoms with van der Waals surface area (Å²) in [5, 5.41) is 9.21. The van der Waals surface area contributed by atoms with Crippen LogP contribution >= 0.6 is 0 Å². The molecule has 0 atom stereocenters. The van der Waals surface area contributed by atoms with Gasteiger partial charge in [0, 0.05) is 18.8 Å². The highest BCUT2D eigenvalue weighted by Crippen LogP contribution is 2.25. The summed E-state index contributed by atoms with van der Waals surface area (Å²) in [5.74, 6) is 0.739. The molecule has 2 rings (SSSR count). The molecule has 2 aromatic rings. The number of aryl methyl sites for hydroxylation is 1. The molecule has 0 aliphatic rings. The summed E-state index contributed by atoms with van der Waals surface area (Å²) >= 11 is 0. The van der Waals surface area contributed by atoms with Gasteiger partial charge in [-0.2, -0.15) is 5.26 Å². The standard InChI is InChI=1S/C16H17N3O/c1-12-5-4-6-14(18-12)11-19(2)16-9-15(20-3)8-7-13(16)10-17/h4-9H,11H2,1-3H3. The number of benzene rings is 1. The van der Waals surface area contributed by atoms with Crippen molar-refractivity contribution in [2.75, 3.05) is 19.1 Å². The average Bonchev–Trinajstić information content (AvgIpc) is 2.46. The van der Waals surface area contributed by atoms with Crippen LogP contribution in [0, 0.1) is 18.3 Å². The van der Waals surface area contributed by atoms with Crippen LogP contribution in [0.15, 0.2) is 36.4 Å². The second-order valence-electron chi connectivity index (χ2n) is 4.62. The number of aromatic nitrogens is 1. The lowest BCUT2D eigenvalue weighted by molar-refractivity contribution is 0.415. The summed E-state index contributed by atoms with van der Waals surface area (Å²) in [6.45, 7) is 2.61. The fourth-order valence-electron chi connectivity index (χ4n) is 2.06. The lowest BCUT2D eigenvalue weighted by atomic mass is 10.1. The van der Waals surface area contributed by atoms with Crippen LogP contribution in [0.5, 0.6) is 5.75 Å². The van der Waals surface area contributed by atoms with E-state index in [2.05, 4.69) is 11.1 Å². The lowest BCUT2D eigenvalue weighted by Crippen LogP contribution is -2.18. The molecule has 0 N–H and O–H groups in total. The van der Waals surface area contributed by atoms with Gasteiger partial charge in [0.1, 0.15) is 11.8 Å². The first kappa shape index (κ1) is 13.9. The minimum atomic E-state index is 0.626. The van der Waals surface area contributed by atoms with Crippen LogP contribution in [-0.2, 0) is 6.54 Å². The van der Waals surface area contributed by atoms with E-state index in [1.807, 2.05) is 43.1 Å². The maximum Gasteiger partial charge on any atom is 0.121 e. The fraction of sp³-hybridized carbons (Fsp3) is 0.250. The molecule has 0 amide bonds. The minimum Gasteiger partial charge on any atom is -0.497 e. The SMILES string of the molecule is COc1ccc(C#N)c(N(C)Cc2cccc(C)n2)c1. The van der Waals surface area contributed by atoms with Crippen LogP contribution in [0.25, 0.3) is 0 Å². The summed E-state index contributed by atoms with van der Waals surface area (Å²) in [7, 11) is 3.56. The molecule has 0 radical (unpaired) electrons. The zero-order chi connectivity index (χ0) is 14.5. The zero-order valence-corrected chi connectivity index (χ0v) is 11.9. The first-order valence-electron chi connectivity index (χ1n) is 6.36. The number of anilines is 1. The predicted octanol–water partition coefficient (Wildman–Crippen LogP) is 2.91. The molecule has 102 valence electrons. The molecule has 0 fully saturated rings. The average molecular weight is 267 g/mol. The summed E-state index contributed by atoms with van der Waals surface area (Å²) in [4.78, 5) is 6.48. The van der Waals surface area contributed by atoms with Gasteiger partial charge in [-0.1, -0.05) is 6.07 Å². The van der Waals surface area contributed by atoms with Crippen molar-refractivity contribution in [1.29, 1.82) is 5.26 Å². The van der Waals surface area contributed by atoms with E-state index in [-0.39, 0.29) is 0 Å². The summed E-state index contributed by atoms with van der Waals surface area (Å²) in [6.07, 6.45) is 0. The van der Waals surface area contributed by atoms with Gasteiger partial charge in [0.05, 0.1) is 30.6 Å². The normalized spacial score (nSPS) is 9.90. The zero-order valence-electron chi connectivity index (χ0n) is 11.9. The second kappa shape index (κ2) is 6.07. The molecule has 1 heterocycles. The number of hydrogen-bond acceptors (Lipinski definition) is 4. The number of methoxy groups -OCH3 is 1. The Morgan fingerprint density at radius 3 is 2.75 bits per heavy atom. The Balaban J connectivity index is 2.28. The van der Waals surface area contributed by atoms with Gasteiger partial charge in [0.25, 0.3) is 0 Å². The van der Waals surface area contributed by atoms with Crippen molar-refractivity contribution in [3.63, 3.8) is 0 Å². The van der Waals surface area contributed by atoms with Gasteiger partial charge < -0.3 is 9.64 Å². The van der Waals surface area contributed by atoms with Gasteiger partial charge in [-0.15, -0.1) is 0 Å². The van der Waals surface area contributed by atoms with Crippen molar-refractivity contribution < 1.29 is 4.74 Å². The van der Waals surface area contributed by atoms with E-state index in [4.69, 9.17) is 4.74 Å². The van der Waals surface area contributed by atoms with E-state index in [1.165, 1.54) is 0 Å². The Hall–Kier alpha value is -2.54. The Kier molecular flexibility index (Phi) is 4.21. The summed E-state index contributed by atoms with van der Waals surface area (Å²) < 4.78 is 5.22. The number of pyridine rings is 1. The molecule has 0 aliphatic carbocycles. The van der Waals surface area contributed by atoms with E-state index < -0.39 is 0 Å². The topological polar surface area (TPSA) is 49.1 Å². The third kappa shape index (κ3) is 3.07. The molecule has 0 bridgehead atoms. The van der Waals surface area contributed by atoms with Gasteiger partial charge >= 0.3 is 0 Å². The maximum atomic E-state index is 9.21. The Labute approximate surface area is 119 Å². The number of nitriles is 1. The second-order valence-corrected chi connectivity index (χ2v) is 4.62. The molecular weight excluding hydrogens is 250 g/mol. The Morgan fingerprint density at radius 2 is 2.10 bits per heavy atom. The molecule has 0 saturated heterocycles. The molecular formula is C16H17N3O. The summed E-state index contributed by atoms with van der Waals surface area (Å²) in [6, 6.07) is 13.6. The van der Waals surface area contributed by atoms with E-state index in [0.717, 1.165) is 22.8 Å². The fourth-order valence-corrected chi connectivity index (χ4v) is 2.06. The van der Waals surface area contributed by atoms with Crippen molar-refractivity contribution in [3.05, 3.63) is 53.3 Å². The highest BCUT2D eigenvalue weighted by molar-refractivity contribution is 5.61. The monoisotopic (exact) mass is 267 g/mol. The van der Waals surface area contributed by atoms with Crippen molar-refractivity contribution in [2.45, 2.75) is 13.5 Å². The highest BCUT2D eigenvalue weighted by Gasteiger charge is 2.10. The van der Waals surface area contributed by atoms with Crippen LogP contribution in [0.3, 0.4) is 0 Å². The van der Waals surface area contributed by atoms with Crippen LogP contribution in [-0.4, -0.2) is 19.1 Å². The number of hydrogen-bond donors (Lipinski definition) is 0. The molecule has 1 aromatic carbocycles. The molecule has 4 nitrogen and oxygen atoms in total. The van der Waals surface area contributed by atoms with Gasteiger partial charge in [-0.25, -0.2) is 0 Å². The smallest absolute Gasteiger partial charge is 0.121 e. The first-order chi connectivity index (χ1) is 9.63. The maximum absolute atomic E-state index is 9.21. The molecule has 0 unspecified atom stereocenters. The molecule has 0 saturated carbocycles. The number of nitrogens with zero attached hydrogens (tertiary/aromatic N) is 3. The number of ether oxygens (including phenoxy) is 1. The molecule has 20 heavy (non-hydrogen) atoms. The van der Waals surface area contributed by atoms with Crippen LogP contribution < -0.4 is 9.64 Å². The van der Waals surface area contributed by atoms with Gasteiger partial charge in [-0.05, 0) is 31.2 Å². The Bertz CT molecular complexity index is 646. The number of rotatable bonds is 4. The largest absolute Gasteiger partial charge is 0.497 e. The van der Waals surface area contributed by atoms with Gasteiger partial charge in [0.2, 0.25) is 0 Å². The van der Waals surface area contributed by atoms with Crippen LogP contribution in [0.2, 0.25) is 0 Å². The molecule has 0 aliphatic heterocycles. The lowest BCUT2D eigenvalue weighted by Gasteiger charge is -2.21. The van der Waals surface area contributed by atoms with E-state index >= 15 is 0 Å². The van der Waals surface area contributed by atoms with Gasteiger partial charge in [0.15, 0.2) is 0 Å². The van der Waals surface area contributed by atoms with Gasteiger partial charge in [-0.3, -0.25) is 4.98 Å². The quantitative estimate of drug-likeness (QED) is 0.854. The Morgan fingerprint density at radius 1 is 1.30 bits per heavy atom. The third-order valence-electron chi connectivity index (χ3n) is 3.08. The first-order valence-corrected chi connectivity index (χ1v) is 6.36. The minimum absolute atomic E-state index is 0.626. The molecule has 4 heteroatoms. The molecule has 1 aromatic heterocycles.